The summed E-state index contributed by atoms with van der Waals surface area (Å²) in [5, 5.41) is 5.99. The summed E-state index contributed by atoms with van der Waals surface area (Å²) in [5.74, 6) is -0.697. The summed E-state index contributed by atoms with van der Waals surface area (Å²) in [6.07, 6.45) is 0.565. The van der Waals surface area contributed by atoms with Crippen molar-refractivity contribution in [2.75, 3.05) is 30.9 Å². The van der Waals surface area contributed by atoms with Gasteiger partial charge < -0.3 is 15.4 Å². The van der Waals surface area contributed by atoms with E-state index in [1.807, 2.05) is 6.92 Å². The molecule has 0 radical (unpaired) electrons. The van der Waals surface area contributed by atoms with Crippen molar-refractivity contribution in [1.82, 2.24) is 4.90 Å². The number of carbonyl (C=O) groups excluding carboxylic acids is 3. The Bertz CT molecular complexity index is 945. The molecular formula is C20H20ClN3O4. The van der Waals surface area contributed by atoms with Crippen LogP contribution >= 0.6 is 11.6 Å². The number of nitrogens with zero attached hydrogens (tertiary/aromatic N) is 1. The zero-order valence-electron chi connectivity index (χ0n) is 15.5. The SMILES string of the molecule is COCCCN1C(=O)c2ccc(NC(=O)Nc3ccc(Cl)cc3C)cc2C1=O. The lowest BCUT2D eigenvalue weighted by molar-refractivity contribution is 0.0638. The Morgan fingerprint density at radius 3 is 2.54 bits per heavy atom. The Morgan fingerprint density at radius 1 is 1.07 bits per heavy atom. The van der Waals surface area contributed by atoms with Gasteiger partial charge >= 0.3 is 6.03 Å². The lowest BCUT2D eigenvalue weighted by atomic mass is 10.1. The van der Waals surface area contributed by atoms with Gasteiger partial charge in [0.1, 0.15) is 0 Å². The molecule has 0 unspecified atom stereocenters. The van der Waals surface area contributed by atoms with Crippen LogP contribution in [0.1, 0.15) is 32.7 Å². The molecule has 7 nitrogen and oxygen atoms in total. The quantitative estimate of drug-likeness (QED) is 0.567. The highest BCUT2D eigenvalue weighted by atomic mass is 35.5. The number of urea groups is 1. The van der Waals surface area contributed by atoms with E-state index in [1.54, 1.807) is 37.4 Å². The van der Waals surface area contributed by atoms with Crippen molar-refractivity contribution in [3.05, 3.63) is 58.1 Å². The summed E-state index contributed by atoms with van der Waals surface area (Å²) in [5.41, 5.74) is 2.48. The summed E-state index contributed by atoms with van der Waals surface area (Å²) in [4.78, 5) is 38.4. The summed E-state index contributed by atoms with van der Waals surface area (Å²) in [7, 11) is 1.57. The molecule has 0 atom stereocenters. The predicted octanol–water partition coefficient (Wildman–Crippen LogP) is 3.92. The standard InChI is InChI=1S/C20H20ClN3O4/c1-12-10-13(21)4-7-17(12)23-20(27)22-14-5-6-15-16(11-14)19(26)24(18(15)25)8-3-9-28-2/h4-7,10-11H,3,8-9H2,1-2H3,(H2,22,23,27). The fourth-order valence-electron chi connectivity index (χ4n) is 2.99. The summed E-state index contributed by atoms with van der Waals surface area (Å²) in [6, 6.07) is 9.34. The number of benzene rings is 2. The number of hydrogen-bond acceptors (Lipinski definition) is 4. The van der Waals surface area contributed by atoms with E-state index in [4.69, 9.17) is 16.3 Å². The number of methoxy groups -OCH3 is 1. The van der Waals surface area contributed by atoms with Gasteiger partial charge in [-0.15, -0.1) is 0 Å². The molecule has 1 aliphatic heterocycles. The number of halogens is 1. The van der Waals surface area contributed by atoms with Crippen LogP contribution in [0.4, 0.5) is 16.2 Å². The number of nitrogens with one attached hydrogen (secondary N) is 2. The van der Waals surface area contributed by atoms with Crippen LogP contribution in [0.2, 0.25) is 5.02 Å². The maximum atomic E-state index is 12.5. The summed E-state index contributed by atoms with van der Waals surface area (Å²) in [6.45, 7) is 2.59. The van der Waals surface area contributed by atoms with E-state index >= 15 is 0 Å². The van der Waals surface area contributed by atoms with Crippen molar-refractivity contribution in [2.45, 2.75) is 13.3 Å². The van der Waals surface area contributed by atoms with Gasteiger partial charge in [-0.3, -0.25) is 14.5 Å². The van der Waals surface area contributed by atoms with Crippen LogP contribution in [0.5, 0.6) is 0 Å². The van der Waals surface area contributed by atoms with E-state index in [0.717, 1.165) is 5.56 Å². The minimum atomic E-state index is -0.459. The molecule has 0 spiro atoms. The molecule has 0 bridgehead atoms. The zero-order chi connectivity index (χ0) is 20.3. The van der Waals surface area contributed by atoms with E-state index in [1.165, 1.54) is 11.0 Å². The molecule has 28 heavy (non-hydrogen) atoms. The Balaban J connectivity index is 1.70. The van der Waals surface area contributed by atoms with Gasteiger partial charge in [-0.05, 0) is 55.3 Å². The number of imide groups is 1. The maximum absolute atomic E-state index is 12.5. The Hall–Kier alpha value is -2.90. The molecule has 2 aromatic carbocycles. The molecule has 3 rings (SSSR count). The van der Waals surface area contributed by atoms with Crippen LogP contribution in [0.15, 0.2) is 36.4 Å². The molecule has 4 amide bonds. The number of rotatable bonds is 6. The van der Waals surface area contributed by atoms with Crippen LogP contribution in [0.25, 0.3) is 0 Å². The molecule has 0 aromatic heterocycles. The van der Waals surface area contributed by atoms with Crippen molar-refractivity contribution >= 4 is 40.8 Å². The van der Waals surface area contributed by atoms with Crippen LogP contribution in [0, 0.1) is 6.92 Å². The number of carbonyl (C=O) groups is 3. The van der Waals surface area contributed by atoms with E-state index in [9.17, 15) is 14.4 Å². The van der Waals surface area contributed by atoms with Gasteiger partial charge in [0.2, 0.25) is 0 Å². The summed E-state index contributed by atoms with van der Waals surface area (Å²) >= 11 is 5.92. The normalized spacial score (nSPS) is 12.9. The minimum Gasteiger partial charge on any atom is -0.385 e. The Labute approximate surface area is 167 Å². The first-order valence-corrected chi connectivity index (χ1v) is 9.12. The second-order valence-corrected chi connectivity index (χ2v) is 6.84. The molecule has 1 aliphatic rings. The van der Waals surface area contributed by atoms with Gasteiger partial charge in [0.15, 0.2) is 0 Å². The van der Waals surface area contributed by atoms with Crippen LogP contribution in [-0.4, -0.2) is 43.0 Å². The lowest BCUT2D eigenvalue weighted by Gasteiger charge is -2.12. The number of amides is 4. The second kappa shape index (κ2) is 8.41. The van der Waals surface area contributed by atoms with Crippen molar-refractivity contribution in [3.8, 4) is 0 Å². The monoisotopic (exact) mass is 401 g/mol. The highest BCUT2D eigenvalue weighted by Gasteiger charge is 2.35. The smallest absolute Gasteiger partial charge is 0.323 e. The molecule has 1 heterocycles. The van der Waals surface area contributed by atoms with Gasteiger partial charge in [-0.2, -0.15) is 0 Å². The van der Waals surface area contributed by atoms with Gasteiger partial charge in [-0.25, -0.2) is 4.79 Å². The van der Waals surface area contributed by atoms with E-state index < -0.39 is 6.03 Å². The van der Waals surface area contributed by atoms with Gasteiger partial charge in [0, 0.05) is 36.7 Å². The molecule has 0 aliphatic carbocycles. The first-order valence-electron chi connectivity index (χ1n) is 8.74. The molecule has 0 saturated heterocycles. The molecule has 2 aromatic rings. The van der Waals surface area contributed by atoms with Crippen LogP contribution in [-0.2, 0) is 4.74 Å². The molecule has 0 saturated carbocycles. The van der Waals surface area contributed by atoms with Crippen molar-refractivity contribution in [1.29, 1.82) is 0 Å². The number of hydrogen-bond donors (Lipinski definition) is 2. The topological polar surface area (TPSA) is 87.7 Å². The average molecular weight is 402 g/mol. The van der Waals surface area contributed by atoms with Gasteiger partial charge in [0.25, 0.3) is 11.8 Å². The van der Waals surface area contributed by atoms with Crippen molar-refractivity contribution < 1.29 is 19.1 Å². The van der Waals surface area contributed by atoms with E-state index in [2.05, 4.69) is 10.6 Å². The highest BCUT2D eigenvalue weighted by Crippen LogP contribution is 2.26. The van der Waals surface area contributed by atoms with Crippen LogP contribution < -0.4 is 10.6 Å². The fourth-order valence-corrected chi connectivity index (χ4v) is 3.22. The average Bonchev–Trinajstić information content (AvgIpc) is 2.89. The predicted molar refractivity (Wildman–Crippen MR) is 107 cm³/mol. The maximum Gasteiger partial charge on any atom is 0.323 e. The fraction of sp³-hybridized carbons (Fsp3) is 0.250. The van der Waals surface area contributed by atoms with Gasteiger partial charge in [0.05, 0.1) is 11.1 Å². The van der Waals surface area contributed by atoms with E-state index in [-0.39, 0.29) is 17.4 Å². The Morgan fingerprint density at radius 2 is 1.82 bits per heavy atom. The minimum absolute atomic E-state index is 0.280. The first-order chi connectivity index (χ1) is 13.4. The molecule has 2 N–H and O–H groups in total. The third-order valence-electron chi connectivity index (χ3n) is 4.40. The number of anilines is 2. The van der Waals surface area contributed by atoms with Crippen molar-refractivity contribution in [2.24, 2.45) is 0 Å². The zero-order valence-corrected chi connectivity index (χ0v) is 16.3. The van der Waals surface area contributed by atoms with Gasteiger partial charge in [-0.1, -0.05) is 11.6 Å². The largest absolute Gasteiger partial charge is 0.385 e. The molecule has 8 heteroatoms. The third-order valence-corrected chi connectivity index (χ3v) is 4.63. The number of fused-ring (bicyclic) bond motifs is 1. The molecule has 0 fully saturated rings. The van der Waals surface area contributed by atoms with E-state index in [0.29, 0.717) is 41.5 Å². The first kappa shape index (κ1) is 19.9. The van der Waals surface area contributed by atoms with Crippen LogP contribution in [0.3, 0.4) is 0 Å². The lowest BCUT2D eigenvalue weighted by Crippen LogP contribution is -2.31. The third kappa shape index (κ3) is 4.16. The van der Waals surface area contributed by atoms with Crippen molar-refractivity contribution in [3.63, 3.8) is 0 Å². The number of aryl methyl sites for hydroxylation is 1. The molecule has 146 valence electrons. The summed E-state index contributed by atoms with van der Waals surface area (Å²) < 4.78 is 4.96. The number of ether oxygens (including phenoxy) is 1. The second-order valence-electron chi connectivity index (χ2n) is 6.41. The Kier molecular flexibility index (Phi) is 5.96. The molecular weight excluding hydrogens is 382 g/mol. The highest BCUT2D eigenvalue weighted by molar-refractivity contribution is 6.30.